The Balaban J connectivity index is 2.49. The Morgan fingerprint density at radius 2 is 2.06 bits per heavy atom. The van der Waals surface area contributed by atoms with Gasteiger partial charge in [0.25, 0.3) is 0 Å². The number of rotatable bonds is 1. The molecule has 83 valence electrons. The molecule has 0 amide bonds. The summed E-state index contributed by atoms with van der Waals surface area (Å²) in [5.41, 5.74) is 0.378. The number of hydrogen-bond acceptors (Lipinski definition) is 1. The number of aryl methyl sites for hydroxylation is 1. The van der Waals surface area contributed by atoms with Crippen molar-refractivity contribution in [3.05, 3.63) is 42.4 Å². The van der Waals surface area contributed by atoms with Gasteiger partial charge in [-0.3, -0.25) is 0 Å². The largest absolute Gasteiger partial charge is 0.416 e. The normalized spacial score (nSPS) is 11.8. The first-order valence-electron chi connectivity index (χ1n) is 4.53. The zero-order chi connectivity index (χ0) is 11.8. The summed E-state index contributed by atoms with van der Waals surface area (Å²) in [7, 11) is 1.72. The van der Waals surface area contributed by atoms with Crippen LogP contribution in [0.3, 0.4) is 0 Å². The SMILES string of the molecule is Cn1cncc1-c1c[c]cc(C(F)(F)F)c1. The molecule has 0 spiro atoms. The lowest BCUT2D eigenvalue weighted by Gasteiger charge is -2.08. The van der Waals surface area contributed by atoms with E-state index in [1.54, 1.807) is 11.6 Å². The highest BCUT2D eigenvalue weighted by atomic mass is 19.4. The van der Waals surface area contributed by atoms with E-state index in [9.17, 15) is 13.2 Å². The maximum absolute atomic E-state index is 12.5. The van der Waals surface area contributed by atoms with Crippen LogP contribution in [-0.4, -0.2) is 9.55 Å². The summed E-state index contributed by atoms with van der Waals surface area (Å²) in [6, 6.07) is 6.02. The highest BCUT2D eigenvalue weighted by Gasteiger charge is 2.30. The minimum atomic E-state index is -4.34. The number of benzene rings is 1. The fourth-order valence-corrected chi connectivity index (χ4v) is 1.42. The van der Waals surface area contributed by atoms with Gasteiger partial charge in [-0.05, 0) is 24.3 Å². The molecule has 2 nitrogen and oxygen atoms in total. The lowest BCUT2D eigenvalue weighted by molar-refractivity contribution is -0.137. The molecular formula is C11H8F3N2. The molecule has 0 N–H and O–H groups in total. The van der Waals surface area contributed by atoms with E-state index >= 15 is 0 Å². The number of alkyl halides is 3. The Morgan fingerprint density at radius 3 is 2.62 bits per heavy atom. The molecule has 0 bridgehead atoms. The van der Waals surface area contributed by atoms with Gasteiger partial charge in [0, 0.05) is 12.6 Å². The van der Waals surface area contributed by atoms with Crippen LogP contribution >= 0.6 is 0 Å². The first-order valence-corrected chi connectivity index (χ1v) is 4.53. The van der Waals surface area contributed by atoms with Gasteiger partial charge in [-0.25, -0.2) is 4.98 Å². The van der Waals surface area contributed by atoms with Crippen molar-refractivity contribution >= 4 is 0 Å². The van der Waals surface area contributed by atoms with Gasteiger partial charge in [0.15, 0.2) is 0 Å². The van der Waals surface area contributed by atoms with E-state index in [1.165, 1.54) is 18.6 Å². The maximum Gasteiger partial charge on any atom is 0.416 e. The van der Waals surface area contributed by atoms with Crippen molar-refractivity contribution in [1.29, 1.82) is 0 Å². The predicted molar refractivity (Wildman–Crippen MR) is 52.5 cm³/mol. The molecule has 1 radical (unpaired) electrons. The third-order valence-electron chi connectivity index (χ3n) is 2.23. The van der Waals surface area contributed by atoms with E-state index in [4.69, 9.17) is 0 Å². The lowest BCUT2D eigenvalue weighted by atomic mass is 10.1. The van der Waals surface area contributed by atoms with Gasteiger partial charge < -0.3 is 4.57 Å². The maximum atomic E-state index is 12.5. The Kier molecular flexibility index (Phi) is 2.46. The van der Waals surface area contributed by atoms with Crippen LogP contribution < -0.4 is 0 Å². The third-order valence-corrected chi connectivity index (χ3v) is 2.23. The minimum Gasteiger partial charge on any atom is -0.334 e. The lowest BCUT2D eigenvalue weighted by Crippen LogP contribution is -2.04. The minimum absolute atomic E-state index is 0.454. The first kappa shape index (κ1) is 10.7. The number of hydrogen-bond donors (Lipinski definition) is 0. The number of halogens is 3. The summed E-state index contributed by atoms with van der Waals surface area (Å²) in [6.45, 7) is 0. The van der Waals surface area contributed by atoms with Gasteiger partial charge in [-0.2, -0.15) is 13.2 Å². The molecule has 0 fully saturated rings. The Labute approximate surface area is 90.4 Å². The zero-order valence-corrected chi connectivity index (χ0v) is 8.42. The second-order valence-electron chi connectivity index (χ2n) is 3.40. The molecular weight excluding hydrogens is 217 g/mol. The van der Waals surface area contributed by atoms with Crippen LogP contribution in [0.1, 0.15) is 5.56 Å². The average molecular weight is 225 g/mol. The van der Waals surface area contributed by atoms with E-state index < -0.39 is 11.7 Å². The van der Waals surface area contributed by atoms with E-state index in [1.807, 2.05) is 0 Å². The highest BCUT2D eigenvalue weighted by Crippen LogP contribution is 2.31. The van der Waals surface area contributed by atoms with Crippen LogP contribution in [0, 0.1) is 6.07 Å². The van der Waals surface area contributed by atoms with Crippen molar-refractivity contribution in [2.24, 2.45) is 7.05 Å². The second-order valence-corrected chi connectivity index (χ2v) is 3.40. The molecule has 5 heteroatoms. The average Bonchev–Trinajstić information content (AvgIpc) is 2.63. The van der Waals surface area contributed by atoms with Crippen molar-refractivity contribution in [1.82, 2.24) is 9.55 Å². The van der Waals surface area contributed by atoms with Crippen LogP contribution in [0.15, 0.2) is 30.7 Å². The molecule has 0 aliphatic heterocycles. The summed E-state index contributed by atoms with van der Waals surface area (Å²) in [6.07, 6.45) is -1.29. The van der Waals surface area contributed by atoms with Gasteiger partial charge >= 0.3 is 6.18 Å². The van der Waals surface area contributed by atoms with Crippen molar-refractivity contribution in [3.8, 4) is 11.3 Å². The van der Waals surface area contributed by atoms with E-state index in [0.29, 0.717) is 11.3 Å². The molecule has 1 aromatic heterocycles. The number of nitrogens with zero attached hydrogens (tertiary/aromatic N) is 2. The first-order chi connectivity index (χ1) is 7.48. The molecule has 0 aliphatic rings. The summed E-state index contributed by atoms with van der Waals surface area (Å²) < 4.78 is 39.1. The number of imidazole rings is 1. The fraction of sp³-hybridized carbons (Fsp3) is 0.182. The van der Waals surface area contributed by atoms with Gasteiger partial charge in [0.1, 0.15) is 0 Å². The predicted octanol–water partition coefficient (Wildman–Crippen LogP) is 2.91. The fourth-order valence-electron chi connectivity index (χ4n) is 1.42. The standard InChI is InChI=1S/C11H8F3N2/c1-16-7-15-6-10(16)8-3-2-4-9(5-8)11(12,13)14/h3-7H,1H3. The highest BCUT2D eigenvalue weighted by molar-refractivity contribution is 5.59. The van der Waals surface area contributed by atoms with E-state index in [0.717, 1.165) is 12.1 Å². The smallest absolute Gasteiger partial charge is 0.334 e. The van der Waals surface area contributed by atoms with Gasteiger partial charge in [0.05, 0.1) is 23.8 Å². The molecule has 1 aromatic carbocycles. The van der Waals surface area contributed by atoms with Crippen LogP contribution in [0.4, 0.5) is 13.2 Å². The quantitative estimate of drug-likeness (QED) is 0.729. The topological polar surface area (TPSA) is 17.8 Å². The zero-order valence-electron chi connectivity index (χ0n) is 8.42. The molecule has 2 aromatic rings. The molecule has 0 atom stereocenters. The van der Waals surface area contributed by atoms with E-state index in [2.05, 4.69) is 11.1 Å². The van der Waals surface area contributed by atoms with Crippen LogP contribution in [0.5, 0.6) is 0 Å². The molecule has 0 aliphatic carbocycles. The third kappa shape index (κ3) is 1.93. The van der Waals surface area contributed by atoms with Gasteiger partial charge in [-0.1, -0.05) is 0 Å². The van der Waals surface area contributed by atoms with Crippen molar-refractivity contribution in [3.63, 3.8) is 0 Å². The van der Waals surface area contributed by atoms with Crippen molar-refractivity contribution in [2.45, 2.75) is 6.18 Å². The molecule has 0 saturated heterocycles. The monoisotopic (exact) mass is 225 g/mol. The molecule has 0 unspecified atom stereocenters. The van der Waals surface area contributed by atoms with Gasteiger partial charge in [0.2, 0.25) is 0 Å². The van der Waals surface area contributed by atoms with Crippen LogP contribution in [-0.2, 0) is 13.2 Å². The van der Waals surface area contributed by atoms with Crippen molar-refractivity contribution in [2.75, 3.05) is 0 Å². The van der Waals surface area contributed by atoms with E-state index in [-0.39, 0.29) is 0 Å². The summed E-state index contributed by atoms with van der Waals surface area (Å²) in [4.78, 5) is 3.86. The van der Waals surface area contributed by atoms with Crippen molar-refractivity contribution < 1.29 is 13.2 Å². The second kappa shape index (κ2) is 3.66. The van der Waals surface area contributed by atoms with Crippen LogP contribution in [0.2, 0.25) is 0 Å². The molecule has 1 heterocycles. The van der Waals surface area contributed by atoms with Crippen LogP contribution in [0.25, 0.3) is 11.3 Å². The molecule has 2 rings (SSSR count). The summed E-state index contributed by atoms with van der Waals surface area (Å²) in [5.74, 6) is 0. The Morgan fingerprint density at radius 1 is 1.31 bits per heavy atom. The Bertz CT molecular complexity index is 500. The van der Waals surface area contributed by atoms with Gasteiger partial charge in [-0.15, -0.1) is 0 Å². The Hall–Kier alpha value is -1.78. The molecule has 16 heavy (non-hydrogen) atoms. The molecule has 0 saturated carbocycles. The summed E-state index contributed by atoms with van der Waals surface area (Å²) in [5, 5.41) is 0. The number of aromatic nitrogens is 2. The summed E-state index contributed by atoms with van der Waals surface area (Å²) >= 11 is 0.